The number of fused-ring (bicyclic) bond motifs is 1. The summed E-state index contributed by atoms with van der Waals surface area (Å²) in [6.07, 6.45) is 1.83. The Bertz CT molecular complexity index is 505. The molecule has 16 heavy (non-hydrogen) atoms. The number of aromatic nitrogens is 1. The fraction of sp³-hybridized carbons (Fsp3) is 0.250. The molecule has 0 aliphatic heterocycles. The third-order valence-electron chi connectivity index (χ3n) is 2.29. The van der Waals surface area contributed by atoms with Crippen LogP contribution in [0.2, 0.25) is 0 Å². The molecule has 0 unspecified atom stereocenters. The van der Waals surface area contributed by atoms with Gasteiger partial charge in [-0.15, -0.1) is 0 Å². The summed E-state index contributed by atoms with van der Waals surface area (Å²) in [5.41, 5.74) is 2.45. The fourth-order valence-corrected chi connectivity index (χ4v) is 1.45. The molecule has 0 fully saturated rings. The summed E-state index contributed by atoms with van der Waals surface area (Å²) < 4.78 is 16.6. The van der Waals surface area contributed by atoms with Crippen LogP contribution in [-0.4, -0.2) is 13.4 Å². The Labute approximate surface area is 98.1 Å². The Hall–Kier alpha value is -1.55. The number of benzene rings is 1. The van der Waals surface area contributed by atoms with Gasteiger partial charge in [-0.1, -0.05) is 26.0 Å². The summed E-state index contributed by atoms with van der Waals surface area (Å²) in [4.78, 5) is 4.28. The molecule has 2 rings (SSSR count). The molecule has 0 saturated heterocycles. The number of rotatable bonds is 1. The quantitative estimate of drug-likeness (QED) is 0.763. The third kappa shape index (κ3) is 3.24. The van der Waals surface area contributed by atoms with Gasteiger partial charge in [-0.3, -0.25) is 4.98 Å². The molecule has 0 amide bonds. The molecule has 84 valence electrons. The molecule has 0 atom stereocenters. The molecule has 0 radical (unpaired) electrons. The first-order valence-corrected chi connectivity index (χ1v) is 5.62. The molecule has 2 aromatic rings. The van der Waals surface area contributed by atoms with E-state index in [1.54, 1.807) is 0 Å². The molecule has 0 bridgehead atoms. The molecular formula is C12H13NO2S. The summed E-state index contributed by atoms with van der Waals surface area (Å²) in [7, 11) is 0. The molecule has 0 aliphatic carbocycles. The molecule has 0 spiro atoms. The van der Waals surface area contributed by atoms with E-state index in [9.17, 15) is 0 Å². The molecular weight excluding hydrogens is 222 g/mol. The van der Waals surface area contributed by atoms with E-state index < -0.39 is 11.6 Å². The van der Waals surface area contributed by atoms with Gasteiger partial charge in [0.1, 0.15) is 0 Å². The number of hydrogen-bond acceptors (Lipinski definition) is 3. The van der Waals surface area contributed by atoms with Crippen LogP contribution in [0.15, 0.2) is 36.5 Å². The molecule has 3 nitrogen and oxygen atoms in total. The minimum atomic E-state index is -0.750. The molecule has 0 saturated carbocycles. The van der Waals surface area contributed by atoms with Crippen molar-refractivity contribution in [1.82, 2.24) is 4.98 Å². The van der Waals surface area contributed by atoms with Crippen molar-refractivity contribution in [2.75, 3.05) is 0 Å². The maximum atomic E-state index is 8.29. The Balaban J connectivity index is 0.000000386. The van der Waals surface area contributed by atoms with E-state index in [-0.39, 0.29) is 0 Å². The third-order valence-corrected chi connectivity index (χ3v) is 2.29. The molecule has 0 aliphatic rings. The molecule has 4 heteroatoms. The van der Waals surface area contributed by atoms with E-state index in [2.05, 4.69) is 43.1 Å². The van der Waals surface area contributed by atoms with Crippen LogP contribution in [0.25, 0.3) is 10.9 Å². The smallest absolute Gasteiger partial charge is 0.256 e. The fourth-order valence-electron chi connectivity index (χ4n) is 1.45. The number of pyridine rings is 1. The largest absolute Gasteiger partial charge is 0.335 e. The Morgan fingerprint density at radius 1 is 1.19 bits per heavy atom. The minimum absolute atomic E-state index is 0.588. The lowest BCUT2D eigenvalue weighted by molar-refractivity contribution is 0.630. The summed E-state index contributed by atoms with van der Waals surface area (Å²) >= 11 is -0.750. The van der Waals surface area contributed by atoms with E-state index in [1.807, 2.05) is 12.3 Å². The molecule has 0 N–H and O–H groups in total. The summed E-state index contributed by atoms with van der Waals surface area (Å²) in [6.45, 7) is 4.41. The zero-order valence-electron chi connectivity index (χ0n) is 9.21. The Morgan fingerprint density at radius 2 is 1.88 bits per heavy atom. The van der Waals surface area contributed by atoms with Crippen LogP contribution in [0.1, 0.15) is 25.3 Å². The SMILES string of the molecule is CC(C)c1ccc2ncccc2c1.O=S=O. The highest BCUT2D eigenvalue weighted by atomic mass is 32.1. The van der Waals surface area contributed by atoms with Crippen LogP contribution < -0.4 is 0 Å². The van der Waals surface area contributed by atoms with Gasteiger partial charge in [0, 0.05) is 11.6 Å². The van der Waals surface area contributed by atoms with Gasteiger partial charge in [-0.25, -0.2) is 0 Å². The maximum absolute atomic E-state index is 8.29. The number of hydrogen-bond donors (Lipinski definition) is 0. The average Bonchev–Trinajstić information content (AvgIpc) is 2.29. The van der Waals surface area contributed by atoms with Crippen molar-refractivity contribution < 1.29 is 8.42 Å². The highest BCUT2D eigenvalue weighted by molar-refractivity contribution is 7.51. The lowest BCUT2D eigenvalue weighted by Gasteiger charge is -2.05. The van der Waals surface area contributed by atoms with Crippen molar-refractivity contribution >= 4 is 22.5 Å². The van der Waals surface area contributed by atoms with Gasteiger partial charge < -0.3 is 0 Å². The Morgan fingerprint density at radius 3 is 2.50 bits per heavy atom. The van der Waals surface area contributed by atoms with Crippen LogP contribution in [0, 0.1) is 0 Å². The van der Waals surface area contributed by atoms with E-state index in [0.717, 1.165) is 5.52 Å². The Kier molecular flexibility index (Phi) is 4.79. The minimum Gasteiger partial charge on any atom is -0.256 e. The van der Waals surface area contributed by atoms with Gasteiger partial charge in [-0.2, -0.15) is 8.42 Å². The topological polar surface area (TPSA) is 47.0 Å². The standard InChI is InChI=1S/C12H13N.O2S/c1-9(2)10-5-6-12-11(8-10)4-3-7-13-12;1-3-2/h3-9H,1-2H3;. The van der Waals surface area contributed by atoms with Crippen molar-refractivity contribution in [3.8, 4) is 0 Å². The zero-order valence-corrected chi connectivity index (χ0v) is 10.0. The normalized spacial score (nSPS) is 9.69. The van der Waals surface area contributed by atoms with E-state index in [4.69, 9.17) is 8.42 Å². The highest BCUT2D eigenvalue weighted by Crippen LogP contribution is 2.19. The molecule has 1 heterocycles. The van der Waals surface area contributed by atoms with Gasteiger partial charge in [0.2, 0.25) is 0 Å². The van der Waals surface area contributed by atoms with Crippen LogP contribution >= 0.6 is 0 Å². The zero-order chi connectivity index (χ0) is 12.0. The van der Waals surface area contributed by atoms with Gasteiger partial charge in [0.05, 0.1) is 5.52 Å². The van der Waals surface area contributed by atoms with Crippen LogP contribution in [0.4, 0.5) is 0 Å². The first kappa shape index (κ1) is 12.5. The van der Waals surface area contributed by atoms with Gasteiger partial charge in [-0.05, 0) is 29.7 Å². The van der Waals surface area contributed by atoms with Crippen molar-refractivity contribution in [2.24, 2.45) is 0 Å². The van der Waals surface area contributed by atoms with Crippen molar-refractivity contribution in [3.05, 3.63) is 42.1 Å². The average molecular weight is 235 g/mol. The first-order valence-electron chi connectivity index (χ1n) is 4.95. The van der Waals surface area contributed by atoms with Gasteiger partial charge in [0.15, 0.2) is 0 Å². The van der Waals surface area contributed by atoms with Crippen molar-refractivity contribution in [2.45, 2.75) is 19.8 Å². The van der Waals surface area contributed by atoms with Gasteiger partial charge in [0.25, 0.3) is 0 Å². The second-order valence-corrected chi connectivity index (χ2v) is 3.81. The van der Waals surface area contributed by atoms with Crippen LogP contribution in [0.3, 0.4) is 0 Å². The second kappa shape index (κ2) is 6.12. The maximum Gasteiger partial charge on any atom is 0.335 e. The van der Waals surface area contributed by atoms with E-state index in [0.29, 0.717) is 5.92 Å². The monoisotopic (exact) mass is 235 g/mol. The number of nitrogens with zero attached hydrogens (tertiary/aromatic N) is 1. The van der Waals surface area contributed by atoms with Gasteiger partial charge >= 0.3 is 11.6 Å². The van der Waals surface area contributed by atoms with E-state index in [1.165, 1.54) is 10.9 Å². The summed E-state index contributed by atoms with van der Waals surface area (Å²) in [5.74, 6) is 0.588. The second-order valence-electron chi connectivity index (χ2n) is 3.68. The van der Waals surface area contributed by atoms with Crippen molar-refractivity contribution in [1.29, 1.82) is 0 Å². The lowest BCUT2D eigenvalue weighted by Crippen LogP contribution is -1.87. The van der Waals surface area contributed by atoms with Crippen LogP contribution in [0.5, 0.6) is 0 Å². The predicted molar refractivity (Wildman–Crippen MR) is 64.8 cm³/mol. The first-order chi connectivity index (χ1) is 7.69. The molecule has 1 aromatic carbocycles. The van der Waals surface area contributed by atoms with E-state index >= 15 is 0 Å². The molecule has 1 aromatic heterocycles. The summed E-state index contributed by atoms with van der Waals surface area (Å²) in [6, 6.07) is 10.5. The van der Waals surface area contributed by atoms with Crippen LogP contribution in [-0.2, 0) is 11.6 Å². The predicted octanol–water partition coefficient (Wildman–Crippen LogP) is 2.69. The lowest BCUT2D eigenvalue weighted by atomic mass is 10.0. The summed E-state index contributed by atoms with van der Waals surface area (Å²) in [5, 5.41) is 1.23. The van der Waals surface area contributed by atoms with Crippen molar-refractivity contribution in [3.63, 3.8) is 0 Å². The highest BCUT2D eigenvalue weighted by Gasteiger charge is 1.99.